The molecule has 2 aromatic heterocycles. The van der Waals surface area contributed by atoms with E-state index in [1.54, 1.807) is 25.1 Å². The quantitative estimate of drug-likeness (QED) is 0.289. The van der Waals surface area contributed by atoms with Crippen molar-refractivity contribution in [2.75, 3.05) is 21.3 Å². The molecule has 33 heavy (non-hydrogen) atoms. The van der Waals surface area contributed by atoms with E-state index >= 15 is 0 Å². The van der Waals surface area contributed by atoms with Crippen LogP contribution in [-0.4, -0.2) is 31.7 Å². The Labute approximate surface area is 189 Å². The topological polar surface area (TPSA) is 93.0 Å². The van der Waals surface area contributed by atoms with Crippen molar-refractivity contribution in [3.05, 3.63) is 81.9 Å². The van der Waals surface area contributed by atoms with Gasteiger partial charge < -0.3 is 27.6 Å². The number of rotatable bonds is 8. The number of carbonyl (C=O) groups is 1. The van der Waals surface area contributed by atoms with Gasteiger partial charge in [0.2, 0.25) is 5.75 Å². The highest BCUT2D eigenvalue weighted by atomic mass is 16.6. The van der Waals surface area contributed by atoms with E-state index in [1.165, 1.54) is 27.4 Å². The van der Waals surface area contributed by atoms with Gasteiger partial charge in [0.1, 0.15) is 5.76 Å². The third kappa shape index (κ3) is 4.27. The molecule has 0 aliphatic heterocycles. The molecule has 4 aromatic rings. The number of methoxy groups -OCH3 is 3. The zero-order valence-electron chi connectivity index (χ0n) is 18.7. The van der Waals surface area contributed by atoms with Crippen LogP contribution in [0.3, 0.4) is 0 Å². The summed E-state index contributed by atoms with van der Waals surface area (Å²) in [6.45, 7) is 2.01. The average Bonchev–Trinajstić information content (AvgIpc) is 3.34. The number of fused-ring (bicyclic) bond motifs is 1. The van der Waals surface area contributed by atoms with Gasteiger partial charge in [-0.25, -0.2) is 4.79 Å². The molecule has 170 valence electrons. The van der Waals surface area contributed by atoms with E-state index in [1.807, 2.05) is 35.0 Å². The fraction of sp³-hybridized carbons (Fsp3) is 0.200. The van der Waals surface area contributed by atoms with Crippen LogP contribution in [0.15, 0.2) is 62.3 Å². The molecule has 2 aromatic carbocycles. The van der Waals surface area contributed by atoms with Crippen LogP contribution in [0, 0.1) is 6.92 Å². The van der Waals surface area contributed by atoms with E-state index in [4.69, 9.17) is 23.0 Å². The van der Waals surface area contributed by atoms with Gasteiger partial charge in [-0.1, -0.05) is 18.2 Å². The van der Waals surface area contributed by atoms with Gasteiger partial charge in [0.05, 0.1) is 27.9 Å². The number of aryl methyl sites for hydroxylation is 1. The van der Waals surface area contributed by atoms with Gasteiger partial charge in [0, 0.05) is 28.2 Å². The summed E-state index contributed by atoms with van der Waals surface area (Å²) in [7, 11) is 4.51. The largest absolute Gasteiger partial charge is 0.519 e. The first-order valence-electron chi connectivity index (χ1n) is 10.1. The molecule has 0 N–H and O–H groups in total. The predicted octanol–water partition coefficient (Wildman–Crippen LogP) is 4.47. The maximum atomic E-state index is 12.9. The molecule has 0 aliphatic rings. The number of allylic oxidation sites excluding steroid dienone is 1. The summed E-state index contributed by atoms with van der Waals surface area (Å²) in [5.41, 5.74) is 2.18. The summed E-state index contributed by atoms with van der Waals surface area (Å²) < 4.78 is 28.0. The number of nitrogens with zero attached hydrogens (tertiary/aromatic N) is 1. The van der Waals surface area contributed by atoms with E-state index in [-0.39, 0.29) is 5.78 Å². The van der Waals surface area contributed by atoms with Gasteiger partial charge in [0.25, 0.3) is 0 Å². The fourth-order valence-electron chi connectivity index (χ4n) is 3.70. The number of para-hydroxylation sites is 1. The Bertz CT molecular complexity index is 1380. The molecule has 0 fully saturated rings. The molecule has 0 radical (unpaired) electrons. The van der Waals surface area contributed by atoms with E-state index in [0.717, 1.165) is 16.5 Å². The zero-order chi connectivity index (χ0) is 23.5. The molecule has 8 heteroatoms. The van der Waals surface area contributed by atoms with E-state index in [9.17, 15) is 9.59 Å². The lowest BCUT2D eigenvalue weighted by Gasteiger charge is -2.13. The molecular formula is C25H23NO7. The van der Waals surface area contributed by atoms with E-state index in [0.29, 0.717) is 40.9 Å². The van der Waals surface area contributed by atoms with Crippen molar-refractivity contribution in [3.8, 4) is 17.2 Å². The Morgan fingerprint density at radius 1 is 1.03 bits per heavy atom. The summed E-state index contributed by atoms with van der Waals surface area (Å²) >= 11 is 0. The standard InChI is InChI=1S/C25H23NO7/c1-15-23(33-25(28)32-15)14-26-13-16(18-7-5-6-8-19(18)26)9-10-20(27)17-11-21(29-2)24(31-4)22(12-17)30-3/h5-13H,14H2,1-4H3/b10-9+. The van der Waals surface area contributed by atoms with Crippen LogP contribution in [0.25, 0.3) is 17.0 Å². The lowest BCUT2D eigenvalue weighted by atomic mass is 10.1. The average molecular weight is 449 g/mol. The van der Waals surface area contributed by atoms with E-state index < -0.39 is 5.82 Å². The Morgan fingerprint density at radius 2 is 1.73 bits per heavy atom. The molecule has 4 rings (SSSR count). The van der Waals surface area contributed by atoms with Crippen molar-refractivity contribution in [1.82, 2.24) is 4.57 Å². The number of carbonyl (C=O) groups excluding carboxylic acids is 1. The SMILES string of the molecule is COc1cc(C(=O)/C=C/c2cn(Cc3oc(=O)oc3C)c3ccccc23)cc(OC)c1OC. The highest BCUT2D eigenvalue weighted by molar-refractivity contribution is 6.08. The van der Waals surface area contributed by atoms with Crippen LogP contribution in [0.5, 0.6) is 17.2 Å². The minimum atomic E-state index is -0.727. The maximum Gasteiger partial charge on any atom is 0.519 e. The van der Waals surface area contributed by atoms with Gasteiger partial charge in [0.15, 0.2) is 23.0 Å². The summed E-state index contributed by atoms with van der Waals surface area (Å²) in [6, 6.07) is 11.0. The van der Waals surface area contributed by atoms with Crippen molar-refractivity contribution >= 4 is 22.8 Å². The van der Waals surface area contributed by atoms with Gasteiger partial charge in [-0.3, -0.25) is 4.79 Å². The number of hydrogen-bond acceptors (Lipinski definition) is 7. The predicted molar refractivity (Wildman–Crippen MR) is 122 cm³/mol. The number of ketones is 1. The van der Waals surface area contributed by atoms with Crippen LogP contribution in [-0.2, 0) is 6.54 Å². The third-order valence-corrected chi connectivity index (χ3v) is 5.33. The maximum absolute atomic E-state index is 12.9. The molecule has 0 aliphatic carbocycles. The van der Waals surface area contributed by atoms with Crippen LogP contribution in [0.2, 0.25) is 0 Å². The Morgan fingerprint density at radius 3 is 2.33 bits per heavy atom. The molecule has 2 heterocycles. The second-order valence-corrected chi connectivity index (χ2v) is 7.27. The number of aromatic nitrogens is 1. The molecular weight excluding hydrogens is 426 g/mol. The minimum Gasteiger partial charge on any atom is -0.493 e. The molecule has 0 saturated carbocycles. The van der Waals surface area contributed by atoms with Crippen molar-refractivity contribution in [2.24, 2.45) is 0 Å². The molecule has 0 unspecified atom stereocenters. The highest BCUT2D eigenvalue weighted by Gasteiger charge is 2.16. The van der Waals surface area contributed by atoms with Gasteiger partial charge in [-0.2, -0.15) is 0 Å². The zero-order valence-corrected chi connectivity index (χ0v) is 18.7. The van der Waals surface area contributed by atoms with Gasteiger partial charge in [-0.05, 0) is 37.3 Å². The third-order valence-electron chi connectivity index (χ3n) is 5.33. The molecule has 0 spiro atoms. The molecule has 0 amide bonds. The summed E-state index contributed by atoms with van der Waals surface area (Å²) in [5.74, 6) is 1.17. The van der Waals surface area contributed by atoms with Crippen molar-refractivity contribution in [1.29, 1.82) is 0 Å². The lowest BCUT2D eigenvalue weighted by Crippen LogP contribution is -2.00. The van der Waals surface area contributed by atoms with Crippen molar-refractivity contribution < 1.29 is 27.8 Å². The summed E-state index contributed by atoms with van der Waals surface area (Å²) in [6.07, 6.45) is 5.15. The van der Waals surface area contributed by atoms with Gasteiger partial charge >= 0.3 is 5.82 Å². The van der Waals surface area contributed by atoms with Crippen molar-refractivity contribution in [2.45, 2.75) is 13.5 Å². The first kappa shape index (κ1) is 22.0. The Balaban J connectivity index is 1.68. The lowest BCUT2D eigenvalue weighted by molar-refractivity contribution is 0.104. The highest BCUT2D eigenvalue weighted by Crippen LogP contribution is 2.38. The van der Waals surface area contributed by atoms with Crippen molar-refractivity contribution in [3.63, 3.8) is 0 Å². The molecule has 8 nitrogen and oxygen atoms in total. The molecule has 0 saturated heterocycles. The number of benzene rings is 2. The van der Waals surface area contributed by atoms with Crippen LogP contribution < -0.4 is 20.0 Å². The van der Waals surface area contributed by atoms with Crippen LogP contribution >= 0.6 is 0 Å². The Kier molecular flexibility index (Phi) is 6.08. The van der Waals surface area contributed by atoms with Crippen LogP contribution in [0.4, 0.5) is 0 Å². The van der Waals surface area contributed by atoms with Crippen LogP contribution in [0.1, 0.15) is 27.4 Å². The van der Waals surface area contributed by atoms with E-state index in [2.05, 4.69) is 0 Å². The summed E-state index contributed by atoms with van der Waals surface area (Å²) in [4.78, 5) is 24.3. The Hall–Kier alpha value is -4.20. The monoisotopic (exact) mass is 449 g/mol. The second-order valence-electron chi connectivity index (χ2n) is 7.27. The smallest absolute Gasteiger partial charge is 0.493 e. The first-order chi connectivity index (χ1) is 15.9. The molecule has 0 atom stereocenters. The first-order valence-corrected chi connectivity index (χ1v) is 10.1. The van der Waals surface area contributed by atoms with Gasteiger partial charge in [-0.15, -0.1) is 0 Å². The summed E-state index contributed by atoms with van der Waals surface area (Å²) in [5, 5.41) is 0.954. The fourth-order valence-corrected chi connectivity index (χ4v) is 3.70. The second kappa shape index (κ2) is 9.12. The number of hydrogen-bond donors (Lipinski definition) is 0. The molecule has 0 bridgehead atoms. The number of ether oxygens (including phenoxy) is 3. The minimum absolute atomic E-state index is 0.220. The normalized spacial score (nSPS) is 11.3.